The molecular weight excluding hydrogens is 433 g/mol. The zero-order chi connectivity index (χ0) is 19.1. The van der Waals surface area contributed by atoms with E-state index < -0.39 is 27.8 Å². The number of fused-ring (bicyclic) bond motifs is 1. The van der Waals surface area contributed by atoms with Crippen molar-refractivity contribution in [1.82, 2.24) is 5.32 Å². The minimum atomic E-state index is -4.20. The van der Waals surface area contributed by atoms with Crippen LogP contribution in [0.5, 0.6) is 5.75 Å². The third-order valence-electron chi connectivity index (χ3n) is 3.35. The first-order chi connectivity index (χ1) is 12.1. The van der Waals surface area contributed by atoms with Crippen molar-refractivity contribution in [3.63, 3.8) is 0 Å². The van der Waals surface area contributed by atoms with Crippen LogP contribution in [0.4, 0.5) is 9.18 Å². The molecule has 1 heterocycles. The molecule has 0 fully saturated rings. The minimum Gasteiger partial charge on any atom is -0.465 e. The van der Waals surface area contributed by atoms with Crippen LogP contribution in [0, 0.1) is 5.82 Å². The third kappa shape index (κ3) is 3.68. The van der Waals surface area contributed by atoms with Crippen LogP contribution >= 0.6 is 15.9 Å². The zero-order valence-electron chi connectivity index (χ0n) is 13.1. The molecule has 1 amide bonds. The van der Waals surface area contributed by atoms with Crippen LogP contribution in [-0.2, 0) is 10.1 Å². The number of halogens is 2. The highest BCUT2D eigenvalue weighted by molar-refractivity contribution is 9.10. The fourth-order valence-corrected chi connectivity index (χ4v) is 3.78. The first kappa shape index (κ1) is 18.3. The largest absolute Gasteiger partial charge is 0.465 e. The molecule has 2 aromatic rings. The Morgan fingerprint density at radius 3 is 2.58 bits per heavy atom. The van der Waals surface area contributed by atoms with Gasteiger partial charge in [0.25, 0.3) is 0 Å². The van der Waals surface area contributed by atoms with Gasteiger partial charge in [0, 0.05) is 13.0 Å². The van der Waals surface area contributed by atoms with Crippen molar-refractivity contribution in [1.29, 1.82) is 0 Å². The van der Waals surface area contributed by atoms with E-state index in [1.54, 1.807) is 0 Å². The van der Waals surface area contributed by atoms with Crippen LogP contribution in [0.3, 0.4) is 0 Å². The Hall–Kier alpha value is -2.53. The molecule has 0 aromatic heterocycles. The lowest BCUT2D eigenvalue weighted by Gasteiger charge is -2.16. The van der Waals surface area contributed by atoms with Crippen molar-refractivity contribution in [2.75, 3.05) is 0 Å². The van der Waals surface area contributed by atoms with Gasteiger partial charge in [-0.1, -0.05) is 0 Å². The number of nitrogens with one attached hydrogen (secondary N) is 1. The van der Waals surface area contributed by atoms with Crippen molar-refractivity contribution in [3.05, 3.63) is 57.4 Å². The monoisotopic (exact) mass is 443 g/mol. The zero-order valence-corrected chi connectivity index (χ0v) is 15.5. The SMILES string of the molecule is CC1(NC(=O)O)N=c2ccc(OS(=O)(=O)c3ccc(F)c(Br)c3)cc2=N1. The standard InChI is InChI=1S/C15H11BrFN3O5S/c1-15(20-14(21)22)18-12-5-2-8(6-13(12)19-15)25-26(23,24)9-3-4-11(17)10(16)7-9/h2-7,20H,1H3,(H,21,22). The van der Waals surface area contributed by atoms with E-state index in [4.69, 9.17) is 9.29 Å². The Labute approximate surface area is 155 Å². The lowest BCUT2D eigenvalue weighted by Crippen LogP contribution is -2.41. The van der Waals surface area contributed by atoms with Crippen molar-refractivity contribution in [2.24, 2.45) is 9.98 Å². The Morgan fingerprint density at radius 1 is 1.23 bits per heavy atom. The van der Waals surface area contributed by atoms with Gasteiger partial charge in [-0.3, -0.25) is 5.32 Å². The second kappa shape index (κ2) is 6.32. The van der Waals surface area contributed by atoms with Gasteiger partial charge in [0.15, 0.2) is 0 Å². The summed E-state index contributed by atoms with van der Waals surface area (Å²) >= 11 is 2.92. The predicted molar refractivity (Wildman–Crippen MR) is 90.2 cm³/mol. The second-order valence-electron chi connectivity index (χ2n) is 5.44. The molecule has 0 saturated heterocycles. The first-order valence-corrected chi connectivity index (χ1v) is 9.29. The van der Waals surface area contributed by atoms with Crippen molar-refractivity contribution in [3.8, 4) is 5.75 Å². The third-order valence-corrected chi connectivity index (χ3v) is 5.20. The summed E-state index contributed by atoms with van der Waals surface area (Å²) in [5, 5.41) is 11.6. The number of carboxylic acid groups (broad SMARTS) is 1. The topological polar surface area (TPSA) is 117 Å². The molecule has 136 valence electrons. The van der Waals surface area contributed by atoms with E-state index in [2.05, 4.69) is 31.2 Å². The highest BCUT2D eigenvalue weighted by Crippen LogP contribution is 2.23. The number of carbonyl (C=O) groups is 1. The van der Waals surface area contributed by atoms with E-state index in [0.29, 0.717) is 5.36 Å². The quantitative estimate of drug-likeness (QED) is 0.695. The fraction of sp³-hybridized carbons (Fsp3) is 0.133. The second-order valence-corrected chi connectivity index (χ2v) is 7.84. The molecule has 2 aromatic carbocycles. The summed E-state index contributed by atoms with van der Waals surface area (Å²) in [5.74, 6) is -2.04. The van der Waals surface area contributed by atoms with Gasteiger partial charge in [-0.15, -0.1) is 0 Å². The predicted octanol–water partition coefficient (Wildman–Crippen LogP) is 1.55. The minimum absolute atomic E-state index is 0.0135. The van der Waals surface area contributed by atoms with Crippen molar-refractivity contribution in [2.45, 2.75) is 17.6 Å². The molecule has 3 rings (SSSR count). The summed E-state index contributed by atoms with van der Waals surface area (Å²) < 4.78 is 43.0. The number of benzene rings is 2. The number of nitrogens with zero attached hydrogens (tertiary/aromatic N) is 2. The maximum atomic E-state index is 13.3. The molecule has 11 heteroatoms. The van der Waals surface area contributed by atoms with Gasteiger partial charge >= 0.3 is 16.2 Å². The average molecular weight is 444 g/mol. The van der Waals surface area contributed by atoms with E-state index in [0.717, 1.165) is 18.2 Å². The van der Waals surface area contributed by atoms with E-state index in [9.17, 15) is 17.6 Å². The number of rotatable bonds is 4. The van der Waals surface area contributed by atoms with Crippen LogP contribution in [0.2, 0.25) is 0 Å². The summed E-state index contributed by atoms with van der Waals surface area (Å²) in [6.45, 7) is 1.45. The smallest absolute Gasteiger partial charge is 0.408 e. The normalized spacial score (nSPS) is 18.4. The van der Waals surface area contributed by atoms with Crippen LogP contribution in [0.15, 0.2) is 55.8 Å². The molecule has 2 N–H and O–H groups in total. The van der Waals surface area contributed by atoms with E-state index in [-0.39, 0.29) is 20.5 Å². The summed E-state index contributed by atoms with van der Waals surface area (Å²) in [5.41, 5.74) is 0. The Bertz CT molecular complexity index is 1140. The molecule has 0 spiro atoms. The Balaban J connectivity index is 1.93. The number of amides is 1. The maximum absolute atomic E-state index is 13.3. The highest BCUT2D eigenvalue weighted by Gasteiger charge is 2.27. The van der Waals surface area contributed by atoms with E-state index in [1.165, 1.54) is 25.1 Å². The molecule has 0 saturated carbocycles. The summed E-state index contributed by atoms with van der Waals surface area (Å²) in [6.07, 6.45) is -1.30. The van der Waals surface area contributed by atoms with Gasteiger partial charge in [0.1, 0.15) is 16.5 Å². The maximum Gasteiger partial charge on any atom is 0.408 e. The summed E-state index contributed by atoms with van der Waals surface area (Å²) in [6, 6.07) is 7.31. The summed E-state index contributed by atoms with van der Waals surface area (Å²) in [4.78, 5) is 18.8. The van der Waals surface area contributed by atoms with Crippen LogP contribution in [0.25, 0.3) is 0 Å². The van der Waals surface area contributed by atoms with Gasteiger partial charge in [-0.2, -0.15) is 8.42 Å². The van der Waals surface area contributed by atoms with E-state index in [1.807, 2.05) is 0 Å². The van der Waals surface area contributed by atoms with Crippen LogP contribution in [0.1, 0.15) is 6.92 Å². The average Bonchev–Trinajstić information content (AvgIpc) is 2.83. The molecule has 8 nitrogen and oxygen atoms in total. The molecule has 1 atom stereocenters. The van der Waals surface area contributed by atoms with Crippen molar-refractivity contribution < 1.29 is 26.9 Å². The first-order valence-electron chi connectivity index (χ1n) is 7.08. The molecule has 0 bridgehead atoms. The molecular formula is C15H11BrFN3O5S. The number of hydrogen-bond donors (Lipinski definition) is 2. The lowest BCUT2D eigenvalue weighted by molar-refractivity contribution is 0.182. The Morgan fingerprint density at radius 2 is 1.92 bits per heavy atom. The molecule has 0 aliphatic carbocycles. The van der Waals surface area contributed by atoms with E-state index >= 15 is 0 Å². The van der Waals surface area contributed by atoms with Crippen LogP contribution < -0.4 is 20.2 Å². The summed E-state index contributed by atoms with van der Waals surface area (Å²) in [7, 11) is -4.20. The molecule has 0 radical (unpaired) electrons. The highest BCUT2D eigenvalue weighted by atomic mass is 79.9. The van der Waals surface area contributed by atoms with Crippen LogP contribution in [-0.4, -0.2) is 25.4 Å². The van der Waals surface area contributed by atoms with Crippen molar-refractivity contribution >= 4 is 32.1 Å². The molecule has 1 unspecified atom stereocenters. The fourth-order valence-electron chi connectivity index (χ4n) is 2.30. The van der Waals surface area contributed by atoms with Gasteiger partial charge in [-0.05, 0) is 46.3 Å². The lowest BCUT2D eigenvalue weighted by atomic mass is 10.3. The Kier molecular flexibility index (Phi) is 4.44. The van der Waals surface area contributed by atoms with Gasteiger partial charge in [0.05, 0.1) is 15.2 Å². The molecule has 1 aliphatic rings. The van der Waals surface area contributed by atoms with Gasteiger partial charge < -0.3 is 9.29 Å². The van der Waals surface area contributed by atoms with Gasteiger partial charge in [-0.25, -0.2) is 19.2 Å². The number of hydrogen-bond acceptors (Lipinski definition) is 6. The molecule has 1 aliphatic heterocycles. The van der Waals surface area contributed by atoms with Gasteiger partial charge in [0.2, 0.25) is 5.79 Å². The molecule has 26 heavy (non-hydrogen) atoms.